The molecular weight excluding hydrogens is 319 g/mol. The molecule has 0 saturated heterocycles. The summed E-state index contributed by atoms with van der Waals surface area (Å²) in [5.41, 5.74) is 1.58. The second-order valence-corrected chi connectivity index (χ2v) is 6.40. The molecule has 2 N–H and O–H groups in total. The zero-order chi connectivity index (χ0) is 17.8. The first-order chi connectivity index (χ1) is 12.1. The third kappa shape index (κ3) is 3.76. The molecule has 1 saturated carbocycles. The van der Waals surface area contributed by atoms with Gasteiger partial charge in [-0.25, -0.2) is 9.38 Å². The predicted octanol–water partition coefficient (Wildman–Crippen LogP) is 3.63. The Morgan fingerprint density at radius 2 is 2.28 bits per heavy atom. The lowest BCUT2D eigenvalue weighted by Gasteiger charge is -2.19. The molecule has 3 rings (SSSR count). The van der Waals surface area contributed by atoms with Gasteiger partial charge in [-0.05, 0) is 51.3 Å². The summed E-state index contributed by atoms with van der Waals surface area (Å²) in [4.78, 5) is 4.59. The Morgan fingerprint density at radius 3 is 3.04 bits per heavy atom. The average molecular weight is 342 g/mol. The molecule has 1 aliphatic rings. The molecule has 0 bridgehead atoms. The van der Waals surface area contributed by atoms with Crippen LogP contribution in [0.25, 0.3) is 11.0 Å². The Kier molecular flexibility index (Phi) is 5.22. The minimum atomic E-state index is -0.273. The lowest BCUT2D eigenvalue weighted by molar-refractivity contribution is 0.526. The van der Waals surface area contributed by atoms with Crippen LogP contribution in [0.4, 0.5) is 4.39 Å². The first kappa shape index (κ1) is 17.3. The van der Waals surface area contributed by atoms with Crippen molar-refractivity contribution in [3.63, 3.8) is 0 Å². The maximum absolute atomic E-state index is 13.4. The zero-order valence-electron chi connectivity index (χ0n) is 14.6. The highest BCUT2D eigenvalue weighted by molar-refractivity contribution is 5.83. The van der Waals surface area contributed by atoms with Crippen molar-refractivity contribution < 1.29 is 8.81 Å². The van der Waals surface area contributed by atoms with Crippen molar-refractivity contribution in [2.45, 2.75) is 45.7 Å². The topological polar surface area (TPSA) is 73.3 Å². The van der Waals surface area contributed by atoms with Gasteiger partial charge >= 0.3 is 0 Å². The van der Waals surface area contributed by atoms with E-state index in [4.69, 9.17) is 4.42 Å². The average Bonchev–Trinajstić information content (AvgIpc) is 3.17. The number of aliphatic imine (C=N–C) groups is 1. The highest BCUT2D eigenvalue weighted by atomic mass is 19.1. The normalized spacial score (nSPS) is 20.6. The monoisotopic (exact) mass is 342 g/mol. The van der Waals surface area contributed by atoms with Gasteiger partial charge in [0.05, 0.1) is 12.0 Å². The maximum atomic E-state index is 13.4. The molecule has 2 unspecified atom stereocenters. The lowest BCUT2D eigenvalue weighted by atomic mass is 10.1. The number of hydrogen-bond acceptors (Lipinski definition) is 3. The zero-order valence-corrected chi connectivity index (χ0v) is 14.6. The van der Waals surface area contributed by atoms with Crippen molar-refractivity contribution in [3.05, 3.63) is 35.3 Å². The minimum absolute atomic E-state index is 0.0276. The molecule has 1 aromatic heterocycles. The number of rotatable bonds is 4. The summed E-state index contributed by atoms with van der Waals surface area (Å²) < 4.78 is 19.2. The Balaban J connectivity index is 1.77. The Bertz CT molecular complexity index is 821. The molecule has 1 aromatic carbocycles. The molecule has 0 spiro atoms. The van der Waals surface area contributed by atoms with E-state index in [0.29, 0.717) is 18.1 Å². The van der Waals surface area contributed by atoms with Gasteiger partial charge in [-0.2, -0.15) is 5.26 Å². The summed E-state index contributed by atoms with van der Waals surface area (Å²) in [6, 6.07) is 7.03. The van der Waals surface area contributed by atoms with Crippen LogP contribution in [-0.2, 0) is 6.54 Å². The molecule has 0 radical (unpaired) electrons. The largest absolute Gasteiger partial charge is 0.459 e. The maximum Gasteiger partial charge on any atom is 0.191 e. The third-order valence-corrected chi connectivity index (χ3v) is 4.73. The molecule has 0 amide bonds. The van der Waals surface area contributed by atoms with E-state index in [-0.39, 0.29) is 17.8 Å². The van der Waals surface area contributed by atoms with E-state index in [0.717, 1.165) is 42.5 Å². The van der Waals surface area contributed by atoms with Crippen LogP contribution in [0.1, 0.15) is 37.5 Å². The van der Waals surface area contributed by atoms with Gasteiger partial charge in [0, 0.05) is 23.5 Å². The first-order valence-corrected chi connectivity index (χ1v) is 8.74. The summed E-state index contributed by atoms with van der Waals surface area (Å²) >= 11 is 0. The number of aryl methyl sites for hydroxylation is 1. The van der Waals surface area contributed by atoms with Crippen LogP contribution in [-0.4, -0.2) is 18.5 Å². The number of fused-ring (bicyclic) bond motifs is 1. The van der Waals surface area contributed by atoms with Gasteiger partial charge in [-0.3, -0.25) is 0 Å². The van der Waals surface area contributed by atoms with E-state index >= 15 is 0 Å². The Hall–Kier alpha value is -2.55. The molecule has 1 fully saturated rings. The molecule has 2 aromatic rings. The standard InChI is InChI=1S/C19H23FN4O/c1-3-22-19(24-16-6-4-5-13(16)10-21)23-11-18-12(2)15-9-14(20)7-8-17(15)25-18/h7-9,13,16H,3-6,11H2,1-2H3,(H2,22,23,24). The van der Waals surface area contributed by atoms with Crippen LogP contribution in [0.2, 0.25) is 0 Å². The molecule has 25 heavy (non-hydrogen) atoms. The molecule has 1 heterocycles. The van der Waals surface area contributed by atoms with Crippen LogP contribution in [0.3, 0.4) is 0 Å². The number of nitrogens with zero attached hydrogens (tertiary/aromatic N) is 2. The van der Waals surface area contributed by atoms with E-state index in [1.807, 2.05) is 13.8 Å². The van der Waals surface area contributed by atoms with E-state index in [2.05, 4.69) is 21.7 Å². The number of benzene rings is 1. The summed E-state index contributed by atoms with van der Waals surface area (Å²) in [6.07, 6.45) is 2.97. The molecular formula is C19H23FN4O. The number of furan rings is 1. The quantitative estimate of drug-likeness (QED) is 0.657. The minimum Gasteiger partial charge on any atom is -0.459 e. The summed E-state index contributed by atoms with van der Waals surface area (Å²) in [5.74, 6) is 1.16. The Morgan fingerprint density at radius 1 is 1.44 bits per heavy atom. The number of nitriles is 1. The molecule has 2 atom stereocenters. The summed E-state index contributed by atoms with van der Waals surface area (Å²) in [7, 11) is 0. The van der Waals surface area contributed by atoms with Crippen molar-refractivity contribution >= 4 is 16.9 Å². The third-order valence-electron chi connectivity index (χ3n) is 4.73. The van der Waals surface area contributed by atoms with Crippen molar-refractivity contribution in [1.29, 1.82) is 5.26 Å². The van der Waals surface area contributed by atoms with Crippen molar-refractivity contribution in [2.75, 3.05) is 6.54 Å². The van der Waals surface area contributed by atoms with Crippen molar-refractivity contribution in [2.24, 2.45) is 10.9 Å². The highest BCUT2D eigenvalue weighted by Crippen LogP contribution is 2.27. The number of nitrogens with one attached hydrogen (secondary N) is 2. The number of halogens is 1. The van der Waals surface area contributed by atoms with Crippen molar-refractivity contribution in [3.8, 4) is 6.07 Å². The molecule has 0 aliphatic heterocycles. The van der Waals surface area contributed by atoms with Gasteiger partial charge in [0.2, 0.25) is 0 Å². The molecule has 6 heteroatoms. The van der Waals surface area contributed by atoms with E-state index in [1.165, 1.54) is 12.1 Å². The van der Waals surface area contributed by atoms with Crippen LogP contribution >= 0.6 is 0 Å². The van der Waals surface area contributed by atoms with Crippen LogP contribution in [0.15, 0.2) is 27.6 Å². The van der Waals surface area contributed by atoms with Gasteiger partial charge in [0.1, 0.15) is 23.7 Å². The first-order valence-electron chi connectivity index (χ1n) is 8.74. The molecule has 132 valence electrons. The highest BCUT2D eigenvalue weighted by Gasteiger charge is 2.27. The van der Waals surface area contributed by atoms with Crippen LogP contribution in [0, 0.1) is 30.0 Å². The number of guanidine groups is 1. The fourth-order valence-electron chi connectivity index (χ4n) is 3.33. The molecule has 1 aliphatic carbocycles. The van der Waals surface area contributed by atoms with Gasteiger partial charge in [0.25, 0.3) is 0 Å². The van der Waals surface area contributed by atoms with E-state index in [1.54, 1.807) is 6.07 Å². The summed E-state index contributed by atoms with van der Waals surface area (Å²) in [5, 5.41) is 16.6. The molecule has 5 nitrogen and oxygen atoms in total. The fourth-order valence-corrected chi connectivity index (χ4v) is 3.33. The predicted molar refractivity (Wildman–Crippen MR) is 95.6 cm³/mol. The van der Waals surface area contributed by atoms with E-state index < -0.39 is 0 Å². The van der Waals surface area contributed by atoms with Crippen LogP contribution in [0.5, 0.6) is 0 Å². The lowest BCUT2D eigenvalue weighted by Crippen LogP contribution is -2.44. The SMILES string of the molecule is CCNC(=NCc1oc2ccc(F)cc2c1C)NC1CCCC1C#N. The summed E-state index contributed by atoms with van der Waals surface area (Å²) in [6.45, 7) is 5.02. The second-order valence-electron chi connectivity index (χ2n) is 6.40. The van der Waals surface area contributed by atoms with Gasteiger partial charge in [0.15, 0.2) is 5.96 Å². The van der Waals surface area contributed by atoms with Crippen LogP contribution < -0.4 is 10.6 Å². The van der Waals surface area contributed by atoms with Crippen molar-refractivity contribution in [1.82, 2.24) is 10.6 Å². The Labute approximate surface area is 146 Å². The second kappa shape index (κ2) is 7.56. The number of hydrogen-bond donors (Lipinski definition) is 2. The van der Waals surface area contributed by atoms with Gasteiger partial charge in [-0.15, -0.1) is 0 Å². The van der Waals surface area contributed by atoms with E-state index in [9.17, 15) is 9.65 Å². The smallest absolute Gasteiger partial charge is 0.191 e. The van der Waals surface area contributed by atoms with Gasteiger partial charge in [-0.1, -0.05) is 0 Å². The fraction of sp³-hybridized carbons (Fsp3) is 0.474. The van der Waals surface area contributed by atoms with Gasteiger partial charge < -0.3 is 15.1 Å².